The first-order valence-corrected chi connectivity index (χ1v) is 7.75. The highest BCUT2D eigenvalue weighted by Gasteiger charge is 2.32. The van der Waals surface area contributed by atoms with E-state index >= 15 is 0 Å². The minimum atomic E-state index is -1.49. The number of benzene rings is 1. The van der Waals surface area contributed by atoms with E-state index in [1.165, 1.54) is 0 Å². The molecule has 1 aliphatic heterocycles. The van der Waals surface area contributed by atoms with E-state index in [4.69, 9.17) is 0 Å². The second-order valence-electron chi connectivity index (χ2n) is 5.44. The summed E-state index contributed by atoms with van der Waals surface area (Å²) in [7, 11) is 0. The molecule has 1 aromatic carbocycles. The fourth-order valence-electron chi connectivity index (χ4n) is 2.70. The van der Waals surface area contributed by atoms with Crippen LogP contribution in [0.25, 0.3) is 0 Å². The zero-order chi connectivity index (χ0) is 16.6. The Morgan fingerprint density at radius 2 is 1.96 bits per heavy atom. The lowest BCUT2D eigenvalue weighted by atomic mass is 9.98. The zero-order valence-corrected chi connectivity index (χ0v) is 13.5. The van der Waals surface area contributed by atoms with Gasteiger partial charge in [0.1, 0.15) is 0 Å². The van der Waals surface area contributed by atoms with E-state index < -0.39 is 17.5 Å². The molecule has 0 bridgehead atoms. The number of hydrogen-bond donors (Lipinski definition) is 0. The maximum atomic E-state index is 13.4. The van der Waals surface area contributed by atoms with Gasteiger partial charge in [0.05, 0.1) is 0 Å². The Kier molecular flexibility index (Phi) is 4.39. The average molecular weight is 385 g/mol. The molecule has 3 rings (SSSR count). The first-order valence-electron chi connectivity index (χ1n) is 6.96. The number of aromatic nitrogens is 1. The molecule has 1 unspecified atom stereocenters. The Hall–Kier alpha value is -1.89. The molecule has 23 heavy (non-hydrogen) atoms. The molecule has 0 N–H and O–H groups in total. The van der Waals surface area contributed by atoms with Gasteiger partial charge in [-0.2, -0.15) is 0 Å². The first-order chi connectivity index (χ1) is 11.0. The van der Waals surface area contributed by atoms with Crippen molar-refractivity contribution in [3.05, 3.63) is 63.6 Å². The van der Waals surface area contributed by atoms with Crippen molar-refractivity contribution in [3.8, 4) is 0 Å². The summed E-state index contributed by atoms with van der Waals surface area (Å²) in [5.74, 6) is -4.42. The molecule has 2 aromatic rings. The van der Waals surface area contributed by atoms with Crippen LogP contribution < -0.4 is 0 Å². The Labute approximate surface area is 139 Å². The molecule has 1 amide bonds. The van der Waals surface area contributed by atoms with E-state index in [-0.39, 0.29) is 18.2 Å². The highest BCUT2D eigenvalue weighted by molar-refractivity contribution is 9.10. The Balaban J connectivity index is 1.79. The van der Waals surface area contributed by atoms with E-state index in [1.54, 1.807) is 23.4 Å². The number of likely N-dealkylation sites (tertiary alicyclic amines) is 1. The minimum Gasteiger partial charge on any atom is -0.338 e. The van der Waals surface area contributed by atoms with Gasteiger partial charge in [0.25, 0.3) is 0 Å². The van der Waals surface area contributed by atoms with Crippen molar-refractivity contribution in [2.75, 3.05) is 6.54 Å². The van der Waals surface area contributed by atoms with Crippen LogP contribution in [0.5, 0.6) is 0 Å². The van der Waals surface area contributed by atoms with Crippen molar-refractivity contribution in [2.45, 2.75) is 18.9 Å². The van der Waals surface area contributed by atoms with Crippen LogP contribution in [0.15, 0.2) is 35.1 Å². The lowest BCUT2D eigenvalue weighted by Gasteiger charge is -2.17. The summed E-state index contributed by atoms with van der Waals surface area (Å²) in [5.41, 5.74) is 1.19. The third kappa shape index (κ3) is 3.24. The molecule has 1 aliphatic rings. The molecule has 0 saturated carbocycles. The average Bonchev–Trinajstić information content (AvgIpc) is 2.88. The van der Waals surface area contributed by atoms with Gasteiger partial charge in [-0.3, -0.25) is 9.78 Å². The number of halogens is 4. The van der Waals surface area contributed by atoms with E-state index in [2.05, 4.69) is 20.9 Å². The molecule has 3 nitrogen and oxygen atoms in total. The monoisotopic (exact) mass is 384 g/mol. The topological polar surface area (TPSA) is 33.2 Å². The lowest BCUT2D eigenvalue weighted by molar-refractivity contribution is -0.128. The van der Waals surface area contributed by atoms with Crippen molar-refractivity contribution < 1.29 is 18.0 Å². The molecular formula is C16H12BrF3N2O. The lowest BCUT2D eigenvalue weighted by Crippen LogP contribution is -2.24. The van der Waals surface area contributed by atoms with Crippen molar-refractivity contribution in [2.24, 2.45) is 0 Å². The van der Waals surface area contributed by atoms with Gasteiger partial charge in [-0.15, -0.1) is 0 Å². The first kappa shape index (κ1) is 16.0. The van der Waals surface area contributed by atoms with Crippen molar-refractivity contribution in [1.82, 2.24) is 9.88 Å². The van der Waals surface area contributed by atoms with E-state index in [9.17, 15) is 18.0 Å². The molecule has 0 spiro atoms. The molecule has 1 atom stereocenters. The van der Waals surface area contributed by atoms with E-state index in [0.29, 0.717) is 18.7 Å². The number of pyridine rings is 1. The molecule has 120 valence electrons. The molecule has 2 heterocycles. The van der Waals surface area contributed by atoms with Gasteiger partial charge in [0.2, 0.25) is 5.91 Å². The van der Waals surface area contributed by atoms with Crippen LogP contribution in [0.3, 0.4) is 0 Å². The molecule has 1 aromatic heterocycles. The second-order valence-corrected chi connectivity index (χ2v) is 6.30. The molecule has 0 aliphatic carbocycles. The summed E-state index contributed by atoms with van der Waals surface area (Å²) < 4.78 is 40.6. The van der Waals surface area contributed by atoms with Gasteiger partial charge in [0, 0.05) is 42.3 Å². The smallest absolute Gasteiger partial charge is 0.223 e. The normalized spacial score (nSPS) is 17.8. The maximum Gasteiger partial charge on any atom is 0.223 e. The summed E-state index contributed by atoms with van der Waals surface area (Å²) in [6, 6.07) is 3.71. The van der Waals surface area contributed by atoms with Crippen LogP contribution in [0.4, 0.5) is 13.2 Å². The number of amides is 1. The third-order valence-corrected chi connectivity index (χ3v) is 4.62. The van der Waals surface area contributed by atoms with E-state index in [0.717, 1.165) is 22.2 Å². The quantitative estimate of drug-likeness (QED) is 0.754. The largest absolute Gasteiger partial charge is 0.338 e. The Morgan fingerprint density at radius 3 is 2.61 bits per heavy atom. The summed E-state index contributed by atoms with van der Waals surface area (Å²) in [6.07, 6.45) is 3.41. The Morgan fingerprint density at radius 1 is 1.26 bits per heavy atom. The molecular weight excluding hydrogens is 373 g/mol. The van der Waals surface area contributed by atoms with Gasteiger partial charge in [0.15, 0.2) is 17.5 Å². The minimum absolute atomic E-state index is 0.108. The summed E-state index contributed by atoms with van der Waals surface area (Å²) >= 11 is 3.37. The van der Waals surface area contributed by atoms with Gasteiger partial charge >= 0.3 is 0 Å². The van der Waals surface area contributed by atoms with Crippen LogP contribution in [-0.2, 0) is 11.3 Å². The van der Waals surface area contributed by atoms with Crippen LogP contribution in [0.1, 0.15) is 23.5 Å². The number of carbonyl (C=O) groups is 1. The van der Waals surface area contributed by atoms with Crippen LogP contribution >= 0.6 is 15.9 Å². The second kappa shape index (κ2) is 6.31. The fourth-order valence-corrected chi connectivity index (χ4v) is 3.07. The molecule has 0 radical (unpaired) electrons. The fraction of sp³-hybridized carbons (Fsp3) is 0.250. The van der Waals surface area contributed by atoms with Crippen LogP contribution in [0, 0.1) is 17.5 Å². The third-order valence-electron chi connectivity index (χ3n) is 3.91. The number of hydrogen-bond acceptors (Lipinski definition) is 2. The summed E-state index contributed by atoms with van der Waals surface area (Å²) in [5, 5.41) is 0. The van der Waals surface area contributed by atoms with Crippen molar-refractivity contribution in [1.29, 1.82) is 0 Å². The Bertz CT molecular complexity index is 746. The number of carbonyl (C=O) groups excluding carboxylic acids is 1. The van der Waals surface area contributed by atoms with E-state index in [1.807, 2.05) is 0 Å². The van der Waals surface area contributed by atoms with Gasteiger partial charge in [-0.25, -0.2) is 13.2 Å². The maximum absolute atomic E-state index is 13.4. The predicted molar refractivity (Wildman–Crippen MR) is 81.0 cm³/mol. The standard InChI is InChI=1S/C16H12BrF3N2O/c17-12-6-21-2-1-9(12)7-22-8-11(5-15(22)23)10-3-13(18)16(20)14(19)4-10/h1-4,6,11H,5,7-8H2. The van der Waals surface area contributed by atoms with Crippen LogP contribution in [-0.4, -0.2) is 22.3 Å². The van der Waals surface area contributed by atoms with Gasteiger partial charge in [-0.05, 0) is 45.3 Å². The van der Waals surface area contributed by atoms with Crippen molar-refractivity contribution >= 4 is 21.8 Å². The summed E-state index contributed by atoms with van der Waals surface area (Å²) in [6.45, 7) is 0.711. The number of rotatable bonds is 3. The SMILES string of the molecule is O=C1CC(c2cc(F)c(F)c(F)c2)CN1Cc1ccncc1Br. The van der Waals surface area contributed by atoms with Crippen molar-refractivity contribution in [3.63, 3.8) is 0 Å². The highest BCUT2D eigenvalue weighted by atomic mass is 79.9. The highest BCUT2D eigenvalue weighted by Crippen LogP contribution is 2.31. The zero-order valence-electron chi connectivity index (χ0n) is 11.9. The van der Waals surface area contributed by atoms with Gasteiger partial charge in [-0.1, -0.05) is 0 Å². The number of nitrogens with zero attached hydrogens (tertiary/aromatic N) is 2. The molecule has 1 fully saturated rings. The molecule has 1 saturated heterocycles. The summed E-state index contributed by atoms with van der Waals surface area (Å²) in [4.78, 5) is 17.7. The van der Waals surface area contributed by atoms with Crippen LogP contribution in [0.2, 0.25) is 0 Å². The van der Waals surface area contributed by atoms with Gasteiger partial charge < -0.3 is 4.90 Å². The molecule has 7 heteroatoms. The predicted octanol–water partition coefficient (Wildman–Crippen LogP) is 3.78.